The number of aliphatic imine (C=N–C) groups is 2. The van der Waals surface area contributed by atoms with Gasteiger partial charge in [-0.05, 0) is 54.0 Å². The molecule has 1 aromatic heterocycles. The molecular weight excluding hydrogens is 406 g/mol. The minimum Gasteiger partial charge on any atom is -0.474 e. The smallest absolute Gasteiger partial charge is 0.235 e. The molecule has 0 saturated heterocycles. The molecule has 33 heavy (non-hydrogen) atoms. The maximum absolute atomic E-state index is 5.93. The highest BCUT2D eigenvalue weighted by Gasteiger charge is 2.22. The highest BCUT2D eigenvalue weighted by atomic mass is 16.5. The van der Waals surface area contributed by atoms with Gasteiger partial charge >= 0.3 is 0 Å². The molecule has 3 aromatic rings. The van der Waals surface area contributed by atoms with Crippen molar-refractivity contribution in [3.05, 3.63) is 94.8 Å². The van der Waals surface area contributed by atoms with Gasteiger partial charge in [-0.25, -0.2) is 9.98 Å². The Hall–Kier alpha value is -3.27. The van der Waals surface area contributed by atoms with E-state index >= 15 is 0 Å². The summed E-state index contributed by atoms with van der Waals surface area (Å²) in [6, 6.07) is 23.0. The van der Waals surface area contributed by atoms with Crippen LogP contribution in [0.2, 0.25) is 0 Å². The summed E-state index contributed by atoms with van der Waals surface area (Å²) in [5, 5.41) is 0. The van der Waals surface area contributed by atoms with Crippen molar-refractivity contribution in [2.24, 2.45) is 9.98 Å². The van der Waals surface area contributed by atoms with Crippen LogP contribution in [0, 0.1) is 0 Å². The molecule has 4 nitrogen and oxygen atoms in total. The van der Waals surface area contributed by atoms with Gasteiger partial charge in [0.2, 0.25) is 5.90 Å². The third-order valence-electron chi connectivity index (χ3n) is 5.99. The highest BCUT2D eigenvalue weighted by molar-refractivity contribution is 6.00. The van der Waals surface area contributed by atoms with E-state index in [1.165, 1.54) is 16.7 Å². The van der Waals surface area contributed by atoms with Crippen LogP contribution in [0.4, 0.5) is 5.69 Å². The number of ether oxygens (including phenoxy) is 1. The first-order chi connectivity index (χ1) is 15.9. The summed E-state index contributed by atoms with van der Waals surface area (Å²) in [6.45, 7) is 11.5. The molecule has 0 saturated carbocycles. The third kappa shape index (κ3) is 5.39. The van der Waals surface area contributed by atoms with Crippen molar-refractivity contribution >= 4 is 17.3 Å². The van der Waals surface area contributed by atoms with E-state index in [1.807, 2.05) is 31.2 Å². The second-order valence-corrected chi connectivity index (χ2v) is 9.29. The van der Waals surface area contributed by atoms with Crippen molar-refractivity contribution in [3.63, 3.8) is 0 Å². The van der Waals surface area contributed by atoms with E-state index in [1.54, 1.807) is 0 Å². The zero-order valence-electron chi connectivity index (χ0n) is 20.2. The number of pyridine rings is 1. The zero-order chi connectivity index (χ0) is 23.4. The highest BCUT2D eigenvalue weighted by Crippen LogP contribution is 2.35. The number of aromatic nitrogens is 1. The van der Waals surface area contributed by atoms with Gasteiger partial charge in [0.25, 0.3) is 0 Å². The minimum absolute atomic E-state index is 0.120. The predicted octanol–water partition coefficient (Wildman–Crippen LogP) is 6.86. The molecule has 2 aromatic carbocycles. The standard InChI is InChI=1S/C29H33N3O/c1-19(2)24-13-9-14-25(20(3)4)28(24)30-21(5)26-15-10-16-27(32-26)29-31-23(18-33-29)17-22-11-7-6-8-12-22/h6-16,19-20,23H,17-18H2,1-5H3. The molecule has 0 bridgehead atoms. The lowest BCUT2D eigenvalue weighted by Crippen LogP contribution is -2.10. The maximum atomic E-state index is 5.93. The van der Waals surface area contributed by atoms with Crippen LogP contribution in [0.15, 0.2) is 76.7 Å². The number of hydrogen-bond acceptors (Lipinski definition) is 4. The van der Waals surface area contributed by atoms with Crippen LogP contribution in [0.5, 0.6) is 0 Å². The summed E-state index contributed by atoms with van der Waals surface area (Å²) in [7, 11) is 0. The summed E-state index contributed by atoms with van der Waals surface area (Å²) in [5.74, 6) is 1.42. The normalized spacial score (nSPS) is 16.3. The van der Waals surface area contributed by atoms with E-state index in [0.29, 0.717) is 24.3 Å². The summed E-state index contributed by atoms with van der Waals surface area (Å²) in [5.41, 5.74) is 7.38. The van der Waals surface area contributed by atoms with Crippen molar-refractivity contribution in [1.29, 1.82) is 0 Å². The van der Waals surface area contributed by atoms with Crippen molar-refractivity contribution < 1.29 is 4.74 Å². The molecule has 1 unspecified atom stereocenters. The maximum Gasteiger partial charge on any atom is 0.235 e. The fourth-order valence-corrected chi connectivity index (χ4v) is 4.17. The first-order valence-electron chi connectivity index (χ1n) is 11.8. The molecule has 1 aliphatic rings. The summed E-state index contributed by atoms with van der Waals surface area (Å²) in [6.07, 6.45) is 0.870. The minimum atomic E-state index is 0.120. The second-order valence-electron chi connectivity index (χ2n) is 9.29. The Morgan fingerprint density at radius 3 is 2.24 bits per heavy atom. The fourth-order valence-electron chi connectivity index (χ4n) is 4.17. The molecule has 4 heteroatoms. The van der Waals surface area contributed by atoms with Crippen molar-refractivity contribution in [3.8, 4) is 0 Å². The van der Waals surface area contributed by atoms with Gasteiger partial charge in [0.05, 0.1) is 23.1 Å². The molecule has 4 rings (SSSR count). The van der Waals surface area contributed by atoms with E-state index in [2.05, 4.69) is 70.2 Å². The van der Waals surface area contributed by atoms with Gasteiger partial charge in [0, 0.05) is 0 Å². The van der Waals surface area contributed by atoms with E-state index in [0.717, 1.165) is 29.2 Å². The molecule has 1 atom stereocenters. The van der Waals surface area contributed by atoms with Gasteiger partial charge in [0.15, 0.2) is 0 Å². The Labute approximate surface area is 197 Å². The largest absolute Gasteiger partial charge is 0.474 e. The van der Waals surface area contributed by atoms with Crippen LogP contribution >= 0.6 is 0 Å². The van der Waals surface area contributed by atoms with E-state index in [9.17, 15) is 0 Å². The molecule has 0 radical (unpaired) electrons. The van der Waals surface area contributed by atoms with Crippen LogP contribution in [-0.4, -0.2) is 29.2 Å². The van der Waals surface area contributed by atoms with Gasteiger partial charge < -0.3 is 4.74 Å². The van der Waals surface area contributed by atoms with E-state index in [-0.39, 0.29) is 6.04 Å². The predicted molar refractivity (Wildman–Crippen MR) is 137 cm³/mol. The molecule has 0 aliphatic carbocycles. The second kappa shape index (κ2) is 10.1. The van der Waals surface area contributed by atoms with Crippen LogP contribution < -0.4 is 0 Å². The Morgan fingerprint density at radius 2 is 1.58 bits per heavy atom. The van der Waals surface area contributed by atoms with E-state index in [4.69, 9.17) is 19.7 Å². The molecule has 0 amide bonds. The molecule has 0 spiro atoms. The first-order valence-corrected chi connectivity index (χ1v) is 11.8. The monoisotopic (exact) mass is 439 g/mol. The van der Waals surface area contributed by atoms with Crippen molar-refractivity contribution in [2.45, 2.75) is 58.9 Å². The molecular formula is C29H33N3O. The van der Waals surface area contributed by atoms with Gasteiger partial charge in [-0.15, -0.1) is 0 Å². The van der Waals surface area contributed by atoms with Crippen LogP contribution in [0.25, 0.3) is 0 Å². The van der Waals surface area contributed by atoms with Crippen LogP contribution in [-0.2, 0) is 11.2 Å². The number of para-hydroxylation sites is 1. The number of hydrogen-bond donors (Lipinski definition) is 0. The Kier molecular flexibility index (Phi) is 7.02. The van der Waals surface area contributed by atoms with Gasteiger partial charge in [-0.2, -0.15) is 0 Å². The third-order valence-corrected chi connectivity index (χ3v) is 5.99. The molecule has 2 heterocycles. The fraction of sp³-hybridized carbons (Fsp3) is 0.345. The lowest BCUT2D eigenvalue weighted by Gasteiger charge is -2.17. The van der Waals surface area contributed by atoms with Crippen LogP contribution in [0.3, 0.4) is 0 Å². The van der Waals surface area contributed by atoms with Crippen molar-refractivity contribution in [2.75, 3.05) is 6.61 Å². The Bertz CT molecular complexity index is 1140. The zero-order valence-corrected chi connectivity index (χ0v) is 20.2. The summed E-state index contributed by atoms with van der Waals surface area (Å²) < 4.78 is 5.93. The van der Waals surface area contributed by atoms with Gasteiger partial charge in [0.1, 0.15) is 12.3 Å². The SMILES string of the molecule is CC(=Nc1c(C(C)C)cccc1C(C)C)c1cccc(C2=NC(Cc3ccccc3)CO2)n1. The molecule has 1 aliphatic heterocycles. The summed E-state index contributed by atoms with van der Waals surface area (Å²) in [4.78, 5) is 14.7. The first kappa shape index (κ1) is 22.9. The molecule has 0 fully saturated rings. The van der Waals surface area contributed by atoms with E-state index < -0.39 is 0 Å². The molecule has 0 N–H and O–H groups in total. The average molecular weight is 440 g/mol. The lowest BCUT2D eigenvalue weighted by molar-refractivity contribution is 0.316. The number of benzene rings is 2. The Morgan fingerprint density at radius 1 is 0.909 bits per heavy atom. The quantitative estimate of drug-likeness (QED) is 0.378. The average Bonchev–Trinajstić information content (AvgIpc) is 3.28. The Balaban J connectivity index is 1.61. The lowest BCUT2D eigenvalue weighted by atomic mass is 9.93. The number of nitrogens with zero attached hydrogens (tertiary/aromatic N) is 3. The summed E-state index contributed by atoms with van der Waals surface area (Å²) >= 11 is 0. The molecule has 170 valence electrons. The number of rotatable bonds is 7. The van der Waals surface area contributed by atoms with Gasteiger partial charge in [-0.1, -0.05) is 82.3 Å². The van der Waals surface area contributed by atoms with Gasteiger partial charge in [-0.3, -0.25) is 4.99 Å². The van der Waals surface area contributed by atoms with Crippen molar-refractivity contribution in [1.82, 2.24) is 4.98 Å². The topological polar surface area (TPSA) is 46.8 Å². The van der Waals surface area contributed by atoms with Crippen LogP contribution in [0.1, 0.15) is 74.5 Å².